The van der Waals surface area contributed by atoms with Gasteiger partial charge in [0.2, 0.25) is 0 Å². The number of hydrogen-bond acceptors (Lipinski definition) is 1. The Morgan fingerprint density at radius 3 is 1.89 bits per heavy atom. The van der Waals surface area contributed by atoms with Crippen molar-refractivity contribution in [3.8, 4) is 16.9 Å². The highest BCUT2D eigenvalue weighted by atomic mass is 19.3. The molecule has 4 rings (SSSR count). The average molecular weight is 525 g/mol. The molecule has 1 nitrogen and oxygen atoms in total. The number of rotatable bonds is 8. The van der Waals surface area contributed by atoms with Gasteiger partial charge in [-0.2, -0.15) is 17.6 Å². The van der Waals surface area contributed by atoms with Crippen LogP contribution in [0, 0.1) is 29.4 Å². The monoisotopic (exact) mass is 524 g/mol. The molecule has 0 heterocycles. The number of benzene rings is 2. The van der Waals surface area contributed by atoms with Crippen molar-refractivity contribution in [2.75, 3.05) is 0 Å². The summed E-state index contributed by atoms with van der Waals surface area (Å²) >= 11 is 0. The van der Waals surface area contributed by atoms with E-state index in [1.54, 1.807) is 12.1 Å². The molecule has 0 saturated heterocycles. The van der Waals surface area contributed by atoms with E-state index in [0.717, 1.165) is 42.7 Å². The van der Waals surface area contributed by atoms with E-state index >= 15 is 0 Å². The third-order valence-corrected chi connectivity index (χ3v) is 8.26. The van der Waals surface area contributed by atoms with Crippen LogP contribution in [0.5, 0.6) is 5.75 Å². The van der Waals surface area contributed by atoms with Gasteiger partial charge in [-0.3, -0.25) is 0 Å². The number of halogens is 6. The molecule has 0 aromatic heterocycles. The van der Waals surface area contributed by atoms with Gasteiger partial charge in [0, 0.05) is 0 Å². The average Bonchev–Trinajstić information content (AvgIpc) is 2.86. The Bertz CT molecular complexity index is 1040. The minimum atomic E-state index is -4.54. The molecule has 0 unspecified atom stereocenters. The van der Waals surface area contributed by atoms with Crippen molar-refractivity contribution < 1.29 is 31.1 Å². The second kappa shape index (κ2) is 12.0. The number of alkyl halides is 2. The van der Waals surface area contributed by atoms with Crippen molar-refractivity contribution >= 4 is 0 Å². The van der Waals surface area contributed by atoms with Crippen molar-refractivity contribution in [2.45, 2.75) is 83.2 Å². The van der Waals surface area contributed by atoms with E-state index in [1.165, 1.54) is 56.9 Å². The lowest BCUT2D eigenvalue weighted by molar-refractivity contribution is -0.137. The molecular weight excluding hydrogens is 490 g/mol. The highest BCUT2D eigenvalue weighted by molar-refractivity contribution is 5.65. The Kier molecular flexibility index (Phi) is 8.91. The SMILES string of the molecule is CCCC1CCC(C2CCC(c3ccc(-c4cc(F)c(OC(F)(F)C=C(F)F)c(F)c4)cc3)CC2)CC1. The summed E-state index contributed by atoms with van der Waals surface area (Å²) in [6.07, 6.45) is 4.82. The van der Waals surface area contributed by atoms with Gasteiger partial charge < -0.3 is 4.74 Å². The van der Waals surface area contributed by atoms with Crippen LogP contribution in [0.2, 0.25) is 0 Å². The highest BCUT2D eigenvalue weighted by Crippen LogP contribution is 2.44. The lowest BCUT2D eigenvalue weighted by atomic mass is 9.68. The van der Waals surface area contributed by atoms with Gasteiger partial charge in [0.15, 0.2) is 17.4 Å². The van der Waals surface area contributed by atoms with Crippen LogP contribution in [-0.2, 0) is 0 Å². The molecule has 0 radical (unpaired) electrons. The van der Waals surface area contributed by atoms with Gasteiger partial charge >= 0.3 is 6.11 Å². The van der Waals surface area contributed by atoms with E-state index in [-0.39, 0.29) is 5.56 Å². The van der Waals surface area contributed by atoms with Gasteiger partial charge in [-0.05, 0) is 91.0 Å². The number of ether oxygens (including phenoxy) is 1. The summed E-state index contributed by atoms with van der Waals surface area (Å²) in [4.78, 5) is 0. The van der Waals surface area contributed by atoms with Crippen LogP contribution in [-0.4, -0.2) is 6.11 Å². The third-order valence-electron chi connectivity index (χ3n) is 8.26. The maximum absolute atomic E-state index is 14.4. The Balaban J connectivity index is 1.36. The van der Waals surface area contributed by atoms with Crippen LogP contribution in [0.4, 0.5) is 26.3 Å². The molecule has 2 aliphatic carbocycles. The molecule has 2 saturated carbocycles. The summed E-state index contributed by atoms with van der Waals surface area (Å²) in [6.45, 7) is 2.27. The molecule has 2 aromatic rings. The van der Waals surface area contributed by atoms with Crippen molar-refractivity contribution in [1.82, 2.24) is 0 Å². The topological polar surface area (TPSA) is 9.23 Å². The predicted octanol–water partition coefficient (Wildman–Crippen LogP) is 10.3. The van der Waals surface area contributed by atoms with Crippen LogP contribution in [0.25, 0.3) is 11.1 Å². The molecule has 2 fully saturated rings. The van der Waals surface area contributed by atoms with Gasteiger partial charge in [0.1, 0.15) is 0 Å². The van der Waals surface area contributed by atoms with Gasteiger partial charge in [-0.1, -0.05) is 56.9 Å². The Morgan fingerprint density at radius 2 is 1.38 bits per heavy atom. The molecule has 0 bridgehead atoms. The van der Waals surface area contributed by atoms with Crippen molar-refractivity contribution in [3.05, 3.63) is 65.8 Å². The summed E-state index contributed by atoms with van der Waals surface area (Å²) in [5, 5.41) is 0. The quantitative estimate of drug-likeness (QED) is 0.312. The van der Waals surface area contributed by atoms with Crippen LogP contribution in [0.15, 0.2) is 48.6 Å². The predicted molar refractivity (Wildman–Crippen MR) is 133 cm³/mol. The van der Waals surface area contributed by atoms with Crippen molar-refractivity contribution in [3.63, 3.8) is 0 Å². The Morgan fingerprint density at radius 1 is 0.838 bits per heavy atom. The normalized spacial score (nSPS) is 24.5. The summed E-state index contributed by atoms with van der Waals surface area (Å²) in [5.41, 5.74) is 1.85. The standard InChI is InChI=1S/C30H34F6O/c1-2-3-19-4-6-20(7-5-19)21-8-10-22(11-9-21)23-12-14-24(15-13-23)25-16-26(31)29(27(32)17-25)37-30(35,36)18-28(33)34/h12-22H,2-11H2,1H3. The maximum Gasteiger partial charge on any atom is 0.425 e. The molecule has 202 valence electrons. The van der Waals surface area contributed by atoms with Crippen LogP contribution >= 0.6 is 0 Å². The second-order valence-electron chi connectivity index (χ2n) is 10.7. The molecule has 2 aliphatic rings. The van der Waals surface area contributed by atoms with E-state index in [4.69, 9.17) is 0 Å². The number of hydrogen-bond donors (Lipinski definition) is 0. The lowest BCUT2D eigenvalue weighted by Gasteiger charge is -2.38. The molecule has 0 aliphatic heterocycles. The fourth-order valence-electron chi connectivity index (χ4n) is 6.34. The van der Waals surface area contributed by atoms with Gasteiger partial charge in [0.05, 0.1) is 6.08 Å². The van der Waals surface area contributed by atoms with E-state index in [0.29, 0.717) is 11.5 Å². The molecule has 0 amide bonds. The van der Waals surface area contributed by atoms with Gasteiger partial charge in [-0.25, -0.2) is 8.78 Å². The highest BCUT2D eigenvalue weighted by Gasteiger charge is 2.34. The first kappa shape index (κ1) is 27.6. The van der Waals surface area contributed by atoms with E-state index in [9.17, 15) is 26.3 Å². The molecule has 7 heteroatoms. The fraction of sp³-hybridized carbons (Fsp3) is 0.533. The summed E-state index contributed by atoms with van der Waals surface area (Å²) < 4.78 is 83.8. The minimum absolute atomic E-state index is 0.145. The van der Waals surface area contributed by atoms with E-state index in [2.05, 4.69) is 11.7 Å². The summed E-state index contributed by atoms with van der Waals surface area (Å²) in [6, 6.07) is 9.17. The first-order valence-electron chi connectivity index (χ1n) is 13.3. The molecule has 2 aromatic carbocycles. The summed E-state index contributed by atoms with van der Waals surface area (Å²) in [7, 11) is 0. The van der Waals surface area contributed by atoms with Gasteiger partial charge in [0.25, 0.3) is 6.08 Å². The lowest BCUT2D eigenvalue weighted by Crippen LogP contribution is -2.25. The fourth-order valence-corrected chi connectivity index (χ4v) is 6.34. The van der Waals surface area contributed by atoms with E-state index in [1.807, 2.05) is 12.1 Å². The maximum atomic E-state index is 14.4. The smallest absolute Gasteiger partial charge is 0.423 e. The Labute approximate surface area is 214 Å². The zero-order valence-corrected chi connectivity index (χ0v) is 21.1. The van der Waals surface area contributed by atoms with E-state index < -0.39 is 35.6 Å². The molecule has 0 atom stereocenters. The molecule has 37 heavy (non-hydrogen) atoms. The largest absolute Gasteiger partial charge is 0.425 e. The minimum Gasteiger partial charge on any atom is -0.423 e. The van der Waals surface area contributed by atoms with Crippen LogP contribution in [0.1, 0.15) is 82.6 Å². The second-order valence-corrected chi connectivity index (χ2v) is 10.7. The Hall–Kier alpha value is -2.44. The molecule has 0 spiro atoms. The van der Waals surface area contributed by atoms with Crippen LogP contribution in [0.3, 0.4) is 0 Å². The van der Waals surface area contributed by atoms with Crippen molar-refractivity contribution in [1.29, 1.82) is 0 Å². The molecule has 0 N–H and O–H groups in total. The first-order valence-corrected chi connectivity index (χ1v) is 13.3. The van der Waals surface area contributed by atoms with Gasteiger partial charge in [-0.15, -0.1) is 0 Å². The zero-order valence-electron chi connectivity index (χ0n) is 21.1. The third kappa shape index (κ3) is 7.11. The van der Waals surface area contributed by atoms with Crippen molar-refractivity contribution in [2.24, 2.45) is 17.8 Å². The summed E-state index contributed by atoms with van der Waals surface area (Å²) in [5.74, 6) is -1.14. The zero-order chi connectivity index (χ0) is 26.6. The van der Waals surface area contributed by atoms with Crippen LogP contribution < -0.4 is 4.74 Å². The first-order chi connectivity index (χ1) is 17.6. The molecular formula is C30H34F6O.